The maximum Gasteiger partial charge on any atom is 0.155 e. The van der Waals surface area contributed by atoms with Gasteiger partial charge in [0.05, 0.1) is 5.69 Å². The summed E-state index contributed by atoms with van der Waals surface area (Å²) in [4.78, 5) is 14.1. The van der Waals surface area contributed by atoms with Gasteiger partial charge in [0.1, 0.15) is 5.69 Å². The summed E-state index contributed by atoms with van der Waals surface area (Å²) in [6.07, 6.45) is 3.56. The fraction of sp³-hybridized carbons (Fsp3) is 0.381. The Kier molecular flexibility index (Phi) is 6.31. The Hall–Kier alpha value is -2.44. The van der Waals surface area contributed by atoms with Gasteiger partial charge in [-0.15, -0.1) is 12.4 Å². The number of hydrogen-bond donors (Lipinski definition) is 0. The molecule has 1 fully saturated rings. The van der Waals surface area contributed by atoms with Gasteiger partial charge in [0.15, 0.2) is 5.82 Å². The van der Waals surface area contributed by atoms with Crippen LogP contribution in [-0.2, 0) is 13.6 Å². The number of anilines is 1. The first kappa shape index (κ1) is 20.3. The smallest absolute Gasteiger partial charge is 0.155 e. The van der Waals surface area contributed by atoms with Crippen molar-refractivity contribution in [2.75, 3.05) is 31.1 Å². The van der Waals surface area contributed by atoms with E-state index in [4.69, 9.17) is 0 Å². The van der Waals surface area contributed by atoms with Crippen LogP contribution in [0.15, 0.2) is 42.7 Å². The molecule has 0 unspecified atom stereocenters. The molecule has 0 radical (unpaired) electrons. The molecule has 2 aromatic heterocycles. The average Bonchev–Trinajstić information content (AvgIpc) is 2.95. The second-order valence-corrected chi connectivity index (χ2v) is 7.13. The summed E-state index contributed by atoms with van der Waals surface area (Å²) in [5.41, 5.74) is 5.83. The Morgan fingerprint density at radius 3 is 2.25 bits per heavy atom. The minimum atomic E-state index is 0. The number of aromatic nitrogens is 4. The molecule has 0 amide bonds. The third-order valence-corrected chi connectivity index (χ3v) is 5.44. The zero-order chi connectivity index (χ0) is 18.8. The third kappa shape index (κ3) is 4.03. The lowest BCUT2D eigenvalue weighted by molar-refractivity contribution is 0.248. The topological polar surface area (TPSA) is 50.1 Å². The molecule has 3 heterocycles. The summed E-state index contributed by atoms with van der Waals surface area (Å²) in [6, 6.07) is 10.3. The summed E-state index contributed by atoms with van der Waals surface area (Å²) in [7, 11) is 2.02. The predicted molar refractivity (Wildman–Crippen MR) is 115 cm³/mol. The summed E-state index contributed by atoms with van der Waals surface area (Å²) in [6.45, 7) is 9.15. The second kappa shape index (κ2) is 8.71. The molecule has 1 saturated heterocycles. The van der Waals surface area contributed by atoms with Crippen LogP contribution in [-0.4, -0.2) is 50.8 Å². The molecule has 4 rings (SSSR count). The van der Waals surface area contributed by atoms with Crippen LogP contribution in [0, 0.1) is 13.8 Å². The molecule has 0 saturated carbocycles. The molecule has 3 aromatic rings. The van der Waals surface area contributed by atoms with E-state index in [2.05, 4.69) is 50.8 Å². The van der Waals surface area contributed by atoms with Gasteiger partial charge in [0.25, 0.3) is 0 Å². The first-order valence-electron chi connectivity index (χ1n) is 9.46. The highest BCUT2D eigenvalue weighted by Gasteiger charge is 2.23. The van der Waals surface area contributed by atoms with E-state index in [0.29, 0.717) is 0 Å². The quantitative estimate of drug-likeness (QED) is 0.675. The number of aryl methyl sites for hydroxylation is 2. The van der Waals surface area contributed by atoms with Gasteiger partial charge in [-0.1, -0.05) is 30.3 Å². The van der Waals surface area contributed by atoms with Crippen molar-refractivity contribution in [1.82, 2.24) is 24.6 Å². The Bertz CT molecular complexity index is 916. The van der Waals surface area contributed by atoms with Gasteiger partial charge in [-0.2, -0.15) is 5.10 Å². The van der Waals surface area contributed by atoms with Crippen molar-refractivity contribution in [3.8, 4) is 11.3 Å². The van der Waals surface area contributed by atoms with E-state index in [1.54, 1.807) is 12.4 Å². The second-order valence-electron chi connectivity index (χ2n) is 7.13. The number of piperazine rings is 1. The number of rotatable bonds is 4. The Balaban J connectivity index is 0.00000225. The summed E-state index contributed by atoms with van der Waals surface area (Å²) in [5.74, 6) is 0.983. The molecule has 1 aliphatic heterocycles. The highest BCUT2D eigenvalue weighted by molar-refractivity contribution is 5.85. The third-order valence-electron chi connectivity index (χ3n) is 5.44. The molecule has 1 aromatic carbocycles. The maximum atomic E-state index is 4.65. The van der Waals surface area contributed by atoms with Crippen molar-refractivity contribution in [2.45, 2.75) is 20.4 Å². The molecular weight excluding hydrogens is 372 g/mol. The standard InChI is InChI=1S/C21H26N6.ClH/c1-16-19(17(2)25(3)24-16)15-26-11-13-27(14-12-26)21-20(22-9-10-23-21)18-7-5-4-6-8-18;/h4-10H,11-15H2,1-3H3;1H. The highest BCUT2D eigenvalue weighted by Crippen LogP contribution is 2.27. The van der Waals surface area contributed by atoms with E-state index in [1.807, 2.05) is 29.9 Å². The SMILES string of the molecule is Cc1nn(C)c(C)c1CN1CCN(c2nccnc2-c2ccccc2)CC1.Cl. The van der Waals surface area contributed by atoms with E-state index in [9.17, 15) is 0 Å². The fourth-order valence-electron chi connectivity index (χ4n) is 3.75. The Labute approximate surface area is 172 Å². The monoisotopic (exact) mass is 398 g/mol. The van der Waals surface area contributed by atoms with Gasteiger partial charge in [-0.3, -0.25) is 14.6 Å². The molecule has 0 spiro atoms. The van der Waals surface area contributed by atoms with E-state index < -0.39 is 0 Å². The Morgan fingerprint density at radius 2 is 1.61 bits per heavy atom. The van der Waals surface area contributed by atoms with Crippen LogP contribution in [0.5, 0.6) is 0 Å². The van der Waals surface area contributed by atoms with E-state index in [1.165, 1.54) is 11.3 Å². The predicted octanol–water partition coefficient (Wildman–Crippen LogP) is 3.24. The average molecular weight is 399 g/mol. The molecule has 7 heteroatoms. The number of halogens is 1. The van der Waals surface area contributed by atoms with E-state index in [-0.39, 0.29) is 12.4 Å². The molecule has 28 heavy (non-hydrogen) atoms. The number of hydrogen-bond acceptors (Lipinski definition) is 5. The van der Waals surface area contributed by atoms with Gasteiger partial charge in [-0.25, -0.2) is 4.98 Å². The lowest BCUT2D eigenvalue weighted by Gasteiger charge is -2.36. The van der Waals surface area contributed by atoms with Crippen LogP contribution >= 0.6 is 12.4 Å². The van der Waals surface area contributed by atoms with Crippen LogP contribution in [0.1, 0.15) is 17.0 Å². The van der Waals surface area contributed by atoms with Crippen molar-refractivity contribution in [3.05, 3.63) is 59.7 Å². The minimum absolute atomic E-state index is 0. The van der Waals surface area contributed by atoms with E-state index >= 15 is 0 Å². The van der Waals surface area contributed by atoms with Crippen LogP contribution in [0.2, 0.25) is 0 Å². The molecular formula is C21H27ClN6. The van der Waals surface area contributed by atoms with Crippen molar-refractivity contribution in [3.63, 3.8) is 0 Å². The molecule has 6 nitrogen and oxygen atoms in total. The molecule has 0 aliphatic carbocycles. The van der Waals surface area contributed by atoms with Crippen molar-refractivity contribution in [1.29, 1.82) is 0 Å². The fourth-order valence-corrected chi connectivity index (χ4v) is 3.75. The van der Waals surface area contributed by atoms with Gasteiger partial charge in [0, 0.05) is 69.0 Å². The lowest BCUT2D eigenvalue weighted by atomic mass is 10.1. The van der Waals surface area contributed by atoms with Gasteiger partial charge >= 0.3 is 0 Å². The van der Waals surface area contributed by atoms with Crippen LogP contribution in [0.4, 0.5) is 5.82 Å². The van der Waals surface area contributed by atoms with Gasteiger partial charge in [0.2, 0.25) is 0 Å². The van der Waals surface area contributed by atoms with Crippen molar-refractivity contribution in [2.24, 2.45) is 7.05 Å². The zero-order valence-electron chi connectivity index (χ0n) is 16.7. The minimum Gasteiger partial charge on any atom is -0.352 e. The van der Waals surface area contributed by atoms with Crippen molar-refractivity contribution >= 4 is 18.2 Å². The largest absolute Gasteiger partial charge is 0.352 e. The summed E-state index contributed by atoms with van der Waals surface area (Å²) < 4.78 is 1.98. The zero-order valence-corrected chi connectivity index (χ0v) is 17.5. The molecule has 0 N–H and O–H groups in total. The van der Waals surface area contributed by atoms with Gasteiger partial charge < -0.3 is 4.90 Å². The normalized spacial score (nSPS) is 14.8. The van der Waals surface area contributed by atoms with Crippen LogP contribution in [0.25, 0.3) is 11.3 Å². The van der Waals surface area contributed by atoms with Crippen LogP contribution < -0.4 is 4.90 Å². The van der Waals surface area contributed by atoms with Crippen LogP contribution in [0.3, 0.4) is 0 Å². The summed E-state index contributed by atoms with van der Waals surface area (Å²) in [5, 5.41) is 4.55. The maximum absolute atomic E-state index is 4.65. The molecule has 1 aliphatic rings. The highest BCUT2D eigenvalue weighted by atomic mass is 35.5. The summed E-state index contributed by atoms with van der Waals surface area (Å²) >= 11 is 0. The lowest BCUT2D eigenvalue weighted by Crippen LogP contribution is -2.46. The molecule has 148 valence electrons. The molecule has 0 bridgehead atoms. The molecule has 0 atom stereocenters. The first-order chi connectivity index (χ1) is 13.1. The van der Waals surface area contributed by atoms with Crippen molar-refractivity contribution < 1.29 is 0 Å². The number of nitrogens with zero attached hydrogens (tertiary/aromatic N) is 6. The first-order valence-corrected chi connectivity index (χ1v) is 9.46. The van der Waals surface area contributed by atoms with E-state index in [0.717, 1.165) is 55.5 Å². The Morgan fingerprint density at radius 1 is 0.929 bits per heavy atom. The van der Waals surface area contributed by atoms with Gasteiger partial charge in [-0.05, 0) is 13.8 Å². The number of benzene rings is 1.